The van der Waals surface area contributed by atoms with Crippen LogP contribution in [0.5, 0.6) is 0 Å². The van der Waals surface area contributed by atoms with Gasteiger partial charge in [-0.3, -0.25) is 4.40 Å². The first-order valence-corrected chi connectivity index (χ1v) is 6.27. The van der Waals surface area contributed by atoms with Crippen molar-refractivity contribution in [3.8, 4) is 17.5 Å². The molecule has 0 radical (unpaired) electrons. The molecule has 0 spiro atoms. The number of hydrogen-bond acceptors (Lipinski definition) is 2. The molecule has 3 rings (SSSR count). The zero-order chi connectivity index (χ0) is 13.4. The van der Waals surface area contributed by atoms with Crippen molar-refractivity contribution in [2.75, 3.05) is 0 Å². The molecule has 0 N–H and O–H groups in total. The Hall–Kier alpha value is -2.02. The van der Waals surface area contributed by atoms with Crippen LogP contribution in [0.2, 0.25) is 10.0 Å². The predicted octanol–water partition coefficient (Wildman–Crippen LogP) is 4.18. The van der Waals surface area contributed by atoms with Gasteiger partial charge in [0.2, 0.25) is 0 Å². The molecule has 0 saturated heterocycles. The van der Waals surface area contributed by atoms with Crippen molar-refractivity contribution >= 4 is 28.7 Å². The number of nitriles is 1. The Bertz CT molecular complexity index is 815. The fourth-order valence-corrected chi connectivity index (χ4v) is 2.20. The Balaban J connectivity index is 2.24. The number of nitrogens with zero attached hydrogens (tertiary/aromatic N) is 3. The maximum absolute atomic E-state index is 8.95. The highest BCUT2D eigenvalue weighted by molar-refractivity contribution is 6.42. The Morgan fingerprint density at radius 1 is 1.11 bits per heavy atom. The molecule has 0 fully saturated rings. The number of hydrogen-bond donors (Lipinski definition) is 0. The Morgan fingerprint density at radius 2 is 1.95 bits per heavy atom. The van der Waals surface area contributed by atoms with Gasteiger partial charge in [0.05, 0.1) is 27.3 Å². The van der Waals surface area contributed by atoms with Crippen molar-refractivity contribution in [3.05, 3.63) is 58.3 Å². The molecule has 1 aromatic carbocycles. The standard InChI is InChI=1S/C14H7Cl2N3/c15-12-4-2-10(5-13(12)16)14-18-7-11-3-1-9(6-17)8-19(11)14/h1-5,7-8H. The van der Waals surface area contributed by atoms with Gasteiger partial charge in [-0.2, -0.15) is 5.26 Å². The summed E-state index contributed by atoms with van der Waals surface area (Å²) in [6, 6.07) is 11.1. The van der Waals surface area contributed by atoms with Crippen LogP contribution in [0.4, 0.5) is 0 Å². The summed E-state index contributed by atoms with van der Waals surface area (Å²) in [5.41, 5.74) is 2.34. The van der Waals surface area contributed by atoms with E-state index in [-0.39, 0.29) is 0 Å². The van der Waals surface area contributed by atoms with E-state index in [0.29, 0.717) is 15.6 Å². The van der Waals surface area contributed by atoms with E-state index in [1.54, 1.807) is 30.6 Å². The molecule has 2 heterocycles. The Labute approximate surface area is 119 Å². The summed E-state index contributed by atoms with van der Waals surface area (Å²) >= 11 is 11.9. The van der Waals surface area contributed by atoms with Crippen LogP contribution in [-0.4, -0.2) is 9.38 Å². The molecule has 0 aliphatic heterocycles. The molecule has 0 aliphatic carbocycles. The van der Waals surface area contributed by atoms with Gasteiger partial charge in [-0.05, 0) is 30.3 Å². The summed E-state index contributed by atoms with van der Waals surface area (Å²) in [7, 11) is 0. The van der Waals surface area contributed by atoms with Crippen molar-refractivity contribution in [2.24, 2.45) is 0 Å². The van der Waals surface area contributed by atoms with Gasteiger partial charge in [0, 0.05) is 11.8 Å². The van der Waals surface area contributed by atoms with E-state index in [1.165, 1.54) is 0 Å². The van der Waals surface area contributed by atoms with Crippen LogP contribution in [0.25, 0.3) is 16.9 Å². The smallest absolute Gasteiger partial charge is 0.144 e. The van der Waals surface area contributed by atoms with Gasteiger partial charge in [-0.15, -0.1) is 0 Å². The number of halogens is 2. The number of pyridine rings is 1. The molecule has 3 aromatic rings. The molecule has 5 heteroatoms. The largest absolute Gasteiger partial charge is 0.298 e. The number of rotatable bonds is 1. The highest BCUT2D eigenvalue weighted by Crippen LogP contribution is 2.28. The minimum absolute atomic E-state index is 0.479. The zero-order valence-corrected chi connectivity index (χ0v) is 11.2. The molecule has 0 aliphatic rings. The van der Waals surface area contributed by atoms with Gasteiger partial charge in [-0.25, -0.2) is 4.98 Å². The first-order chi connectivity index (χ1) is 9.19. The molecule has 19 heavy (non-hydrogen) atoms. The van der Waals surface area contributed by atoms with Gasteiger partial charge >= 0.3 is 0 Å². The second kappa shape index (κ2) is 4.58. The lowest BCUT2D eigenvalue weighted by molar-refractivity contribution is 1.15. The Kier molecular flexibility index (Phi) is 2.90. The van der Waals surface area contributed by atoms with Gasteiger partial charge in [-0.1, -0.05) is 23.2 Å². The molecule has 0 amide bonds. The van der Waals surface area contributed by atoms with Gasteiger partial charge in [0.25, 0.3) is 0 Å². The summed E-state index contributed by atoms with van der Waals surface area (Å²) < 4.78 is 1.86. The third kappa shape index (κ3) is 2.06. The number of aromatic nitrogens is 2. The number of fused-ring (bicyclic) bond motifs is 1. The first-order valence-electron chi connectivity index (χ1n) is 5.51. The zero-order valence-electron chi connectivity index (χ0n) is 9.64. The molecule has 2 aromatic heterocycles. The van der Waals surface area contributed by atoms with E-state index >= 15 is 0 Å². The van der Waals surface area contributed by atoms with E-state index in [4.69, 9.17) is 28.5 Å². The van der Waals surface area contributed by atoms with Crippen LogP contribution < -0.4 is 0 Å². The first kappa shape index (κ1) is 12.0. The lowest BCUT2D eigenvalue weighted by Gasteiger charge is -2.03. The quantitative estimate of drug-likeness (QED) is 0.674. The highest BCUT2D eigenvalue weighted by atomic mass is 35.5. The molecule has 3 nitrogen and oxygen atoms in total. The number of imidazole rings is 1. The highest BCUT2D eigenvalue weighted by Gasteiger charge is 2.08. The van der Waals surface area contributed by atoms with E-state index < -0.39 is 0 Å². The topological polar surface area (TPSA) is 41.1 Å². The lowest BCUT2D eigenvalue weighted by atomic mass is 10.2. The van der Waals surface area contributed by atoms with E-state index in [9.17, 15) is 0 Å². The van der Waals surface area contributed by atoms with Crippen LogP contribution in [0, 0.1) is 11.3 Å². The monoisotopic (exact) mass is 287 g/mol. The number of benzene rings is 1. The third-order valence-electron chi connectivity index (χ3n) is 2.83. The Morgan fingerprint density at radius 3 is 2.68 bits per heavy atom. The van der Waals surface area contributed by atoms with Crippen molar-refractivity contribution in [1.82, 2.24) is 9.38 Å². The van der Waals surface area contributed by atoms with Crippen LogP contribution >= 0.6 is 23.2 Å². The summed E-state index contributed by atoms with van der Waals surface area (Å²) in [5, 5.41) is 9.94. The van der Waals surface area contributed by atoms with Crippen LogP contribution in [0.3, 0.4) is 0 Å². The van der Waals surface area contributed by atoms with Gasteiger partial charge < -0.3 is 0 Å². The second-order valence-electron chi connectivity index (χ2n) is 4.04. The van der Waals surface area contributed by atoms with E-state index in [0.717, 1.165) is 16.9 Å². The summed E-state index contributed by atoms with van der Waals surface area (Å²) in [4.78, 5) is 4.36. The average molecular weight is 288 g/mol. The minimum Gasteiger partial charge on any atom is -0.298 e. The van der Waals surface area contributed by atoms with Gasteiger partial charge in [0.15, 0.2) is 0 Å². The molecule has 0 atom stereocenters. The van der Waals surface area contributed by atoms with Crippen LogP contribution in [0.1, 0.15) is 5.56 Å². The maximum Gasteiger partial charge on any atom is 0.144 e. The predicted molar refractivity (Wildman–Crippen MR) is 75.4 cm³/mol. The molecule has 0 unspecified atom stereocenters. The van der Waals surface area contributed by atoms with Crippen molar-refractivity contribution < 1.29 is 0 Å². The molecular formula is C14H7Cl2N3. The minimum atomic E-state index is 0.479. The molecule has 92 valence electrons. The van der Waals surface area contributed by atoms with Crippen molar-refractivity contribution in [2.45, 2.75) is 0 Å². The van der Waals surface area contributed by atoms with E-state index in [1.807, 2.05) is 16.5 Å². The van der Waals surface area contributed by atoms with Crippen molar-refractivity contribution in [1.29, 1.82) is 5.26 Å². The molecule has 0 bridgehead atoms. The third-order valence-corrected chi connectivity index (χ3v) is 3.57. The molecular weight excluding hydrogens is 281 g/mol. The summed E-state index contributed by atoms with van der Waals surface area (Å²) in [5.74, 6) is 0.727. The summed E-state index contributed by atoms with van der Waals surface area (Å²) in [6.45, 7) is 0. The summed E-state index contributed by atoms with van der Waals surface area (Å²) in [6.07, 6.45) is 3.50. The fourth-order valence-electron chi connectivity index (χ4n) is 1.91. The van der Waals surface area contributed by atoms with Gasteiger partial charge in [0.1, 0.15) is 11.9 Å². The average Bonchev–Trinajstić information content (AvgIpc) is 2.84. The van der Waals surface area contributed by atoms with E-state index in [2.05, 4.69) is 11.1 Å². The maximum atomic E-state index is 8.95. The van der Waals surface area contributed by atoms with Crippen LogP contribution in [-0.2, 0) is 0 Å². The van der Waals surface area contributed by atoms with Crippen LogP contribution in [0.15, 0.2) is 42.7 Å². The van der Waals surface area contributed by atoms with Crippen molar-refractivity contribution in [3.63, 3.8) is 0 Å². The normalized spacial score (nSPS) is 10.6. The molecule has 0 saturated carbocycles. The second-order valence-corrected chi connectivity index (χ2v) is 4.85. The SMILES string of the molecule is N#Cc1ccc2cnc(-c3ccc(Cl)c(Cl)c3)n2c1. The lowest BCUT2D eigenvalue weighted by Crippen LogP contribution is -1.90. The fraction of sp³-hybridized carbons (Fsp3) is 0.